The van der Waals surface area contributed by atoms with E-state index in [0.717, 1.165) is 22.5 Å². The minimum absolute atomic E-state index is 0.251. The number of rotatable bonds is 4. The normalized spacial score (nSPS) is 25.0. The van der Waals surface area contributed by atoms with Crippen LogP contribution in [0.25, 0.3) is 10.9 Å². The van der Waals surface area contributed by atoms with Gasteiger partial charge in [0.25, 0.3) is 0 Å². The molecule has 0 unspecified atom stereocenters. The molecule has 1 aromatic carbocycles. The van der Waals surface area contributed by atoms with Crippen LogP contribution in [0.3, 0.4) is 0 Å². The molecule has 0 bridgehead atoms. The van der Waals surface area contributed by atoms with E-state index in [1.807, 2.05) is 42.1 Å². The van der Waals surface area contributed by atoms with Gasteiger partial charge in [-0.25, -0.2) is 0 Å². The molecular weight excluding hydrogens is 383 g/mol. The van der Waals surface area contributed by atoms with Gasteiger partial charge in [-0.05, 0) is 29.7 Å². The van der Waals surface area contributed by atoms with Crippen LogP contribution in [0, 0.1) is 0 Å². The molecule has 0 saturated heterocycles. The summed E-state index contributed by atoms with van der Waals surface area (Å²) in [4.78, 5) is 3.52. The second kappa shape index (κ2) is 7.44. The first-order valence-corrected chi connectivity index (χ1v) is 9.41. The molecule has 3 N–H and O–H groups in total. The minimum atomic E-state index is -4.50. The van der Waals surface area contributed by atoms with Crippen LogP contribution < -0.4 is 5.32 Å². The Kier molecular flexibility index (Phi) is 5.10. The molecule has 2 heterocycles. The first-order valence-electron chi connectivity index (χ1n) is 9.41. The molecule has 0 aliphatic heterocycles. The van der Waals surface area contributed by atoms with E-state index >= 15 is 0 Å². The Morgan fingerprint density at radius 1 is 1.17 bits per heavy atom. The van der Waals surface area contributed by atoms with Gasteiger partial charge < -0.3 is 20.1 Å². The van der Waals surface area contributed by atoms with Gasteiger partial charge in [0.1, 0.15) is 5.69 Å². The fraction of sp³-hybridized carbons (Fsp3) is 0.381. The van der Waals surface area contributed by atoms with Crippen LogP contribution in [0.4, 0.5) is 13.2 Å². The van der Waals surface area contributed by atoms with Gasteiger partial charge in [0.15, 0.2) is 0 Å². The van der Waals surface area contributed by atoms with Crippen LogP contribution in [0.15, 0.2) is 48.8 Å². The highest BCUT2D eigenvalue weighted by molar-refractivity contribution is 5.83. The summed E-state index contributed by atoms with van der Waals surface area (Å²) in [7, 11) is 1.96. The lowest BCUT2D eigenvalue weighted by Crippen LogP contribution is -2.41. The Balaban J connectivity index is 1.56. The molecule has 0 amide bonds. The Labute approximate surface area is 165 Å². The van der Waals surface area contributed by atoms with Crippen LogP contribution in [0.5, 0.6) is 0 Å². The first kappa shape index (κ1) is 19.9. The minimum Gasteiger partial charge on any atom is -0.390 e. The molecule has 1 saturated carbocycles. The molecule has 0 spiro atoms. The number of nitrogens with zero attached hydrogens (tertiary/aromatic N) is 2. The Morgan fingerprint density at radius 2 is 1.93 bits per heavy atom. The number of aromatic nitrogens is 2. The quantitative estimate of drug-likeness (QED) is 0.624. The zero-order valence-electron chi connectivity index (χ0n) is 15.8. The van der Waals surface area contributed by atoms with Crippen molar-refractivity contribution < 1.29 is 23.4 Å². The maximum Gasteiger partial charge on any atom is 0.433 e. The van der Waals surface area contributed by atoms with Gasteiger partial charge in [-0.2, -0.15) is 13.2 Å². The molecule has 1 fully saturated rings. The molecule has 3 aromatic rings. The van der Waals surface area contributed by atoms with Crippen molar-refractivity contribution in [2.24, 2.45) is 7.05 Å². The van der Waals surface area contributed by atoms with E-state index in [4.69, 9.17) is 0 Å². The Morgan fingerprint density at radius 3 is 2.62 bits per heavy atom. The van der Waals surface area contributed by atoms with Gasteiger partial charge >= 0.3 is 6.18 Å². The molecule has 154 valence electrons. The van der Waals surface area contributed by atoms with Gasteiger partial charge in [-0.3, -0.25) is 4.98 Å². The molecule has 4 atom stereocenters. The van der Waals surface area contributed by atoms with Gasteiger partial charge in [-0.15, -0.1) is 0 Å². The standard InChI is InChI=1S/C21H22F3N3O2/c1-27-11-13(14-4-2-3-5-16(14)27)10-26-19-15(8-17(28)20(19)29)12-6-7-18(25-9-12)21(22,23)24/h2-7,9,11,15,17,19-20,26,28-29H,8,10H2,1H3/t15-,17-,19-,20-/m1/s1. The van der Waals surface area contributed by atoms with Crippen molar-refractivity contribution in [2.45, 2.75) is 43.3 Å². The van der Waals surface area contributed by atoms with Crippen LogP contribution >= 0.6 is 0 Å². The van der Waals surface area contributed by atoms with Crippen LogP contribution in [0.1, 0.15) is 29.2 Å². The average Bonchev–Trinajstić information content (AvgIpc) is 3.17. The smallest absolute Gasteiger partial charge is 0.390 e. The number of halogens is 3. The predicted octanol–water partition coefficient (Wildman–Crippen LogP) is 2.96. The Hall–Kier alpha value is -2.42. The summed E-state index contributed by atoms with van der Waals surface area (Å²) >= 11 is 0. The van der Waals surface area contributed by atoms with Crippen molar-refractivity contribution in [3.63, 3.8) is 0 Å². The van der Waals surface area contributed by atoms with Crippen molar-refractivity contribution >= 4 is 10.9 Å². The highest BCUT2D eigenvalue weighted by atomic mass is 19.4. The topological polar surface area (TPSA) is 70.3 Å². The second-order valence-electron chi connectivity index (χ2n) is 7.56. The van der Waals surface area contributed by atoms with Gasteiger partial charge in [0.05, 0.1) is 12.2 Å². The van der Waals surface area contributed by atoms with Crippen LogP contribution in [-0.4, -0.2) is 38.0 Å². The number of benzene rings is 1. The molecule has 4 rings (SSSR count). The second-order valence-corrected chi connectivity index (χ2v) is 7.56. The maximum atomic E-state index is 12.8. The van der Waals surface area contributed by atoms with Crippen molar-refractivity contribution in [1.82, 2.24) is 14.9 Å². The summed E-state index contributed by atoms with van der Waals surface area (Å²) in [6.45, 7) is 0.459. The monoisotopic (exact) mass is 405 g/mol. The number of aliphatic hydroxyl groups is 2. The van der Waals surface area contributed by atoms with Crippen LogP contribution in [0.2, 0.25) is 0 Å². The highest BCUT2D eigenvalue weighted by Gasteiger charge is 2.42. The molecule has 5 nitrogen and oxygen atoms in total. The largest absolute Gasteiger partial charge is 0.433 e. The molecule has 1 aliphatic carbocycles. The zero-order chi connectivity index (χ0) is 20.8. The summed E-state index contributed by atoms with van der Waals surface area (Å²) in [6.07, 6.45) is -3.03. The molecule has 0 radical (unpaired) electrons. The van der Waals surface area contributed by atoms with E-state index in [1.165, 1.54) is 12.3 Å². The molecule has 8 heteroatoms. The fourth-order valence-electron chi connectivity index (χ4n) is 4.22. The highest BCUT2D eigenvalue weighted by Crippen LogP contribution is 2.36. The van der Waals surface area contributed by atoms with E-state index in [0.29, 0.717) is 12.1 Å². The maximum absolute atomic E-state index is 12.8. The number of para-hydroxylation sites is 1. The van der Waals surface area contributed by atoms with Gasteiger partial charge in [0.2, 0.25) is 0 Å². The number of fused-ring (bicyclic) bond motifs is 1. The predicted molar refractivity (Wildman–Crippen MR) is 102 cm³/mol. The van der Waals surface area contributed by atoms with E-state index in [9.17, 15) is 23.4 Å². The van der Waals surface area contributed by atoms with Gasteiger partial charge in [-0.1, -0.05) is 24.3 Å². The van der Waals surface area contributed by atoms with Crippen molar-refractivity contribution in [3.05, 3.63) is 65.6 Å². The number of hydrogen-bond acceptors (Lipinski definition) is 4. The first-order chi connectivity index (χ1) is 13.8. The SMILES string of the molecule is Cn1cc(CN[C@H]2[C@H](O)[C@H](O)C[C@@H]2c2ccc(C(F)(F)F)nc2)c2ccccc21. The van der Waals surface area contributed by atoms with Crippen molar-refractivity contribution in [2.75, 3.05) is 0 Å². The number of alkyl halides is 3. The van der Waals surface area contributed by atoms with Crippen molar-refractivity contribution in [3.8, 4) is 0 Å². The fourth-order valence-corrected chi connectivity index (χ4v) is 4.22. The summed E-state index contributed by atoms with van der Waals surface area (Å²) in [5.74, 6) is -0.343. The lowest BCUT2D eigenvalue weighted by Gasteiger charge is -2.24. The third-order valence-corrected chi connectivity index (χ3v) is 5.70. The number of hydrogen-bond donors (Lipinski definition) is 3. The molecule has 29 heavy (non-hydrogen) atoms. The van der Waals surface area contributed by atoms with E-state index in [2.05, 4.69) is 10.3 Å². The summed E-state index contributed by atoms with van der Waals surface area (Å²) in [5.41, 5.74) is 1.73. The van der Waals surface area contributed by atoms with E-state index in [1.54, 1.807) is 0 Å². The third-order valence-electron chi connectivity index (χ3n) is 5.70. The average molecular weight is 405 g/mol. The van der Waals surface area contributed by atoms with E-state index in [-0.39, 0.29) is 12.3 Å². The van der Waals surface area contributed by atoms with Crippen LogP contribution in [-0.2, 0) is 19.8 Å². The molecule has 1 aliphatic rings. The number of pyridine rings is 1. The molecule has 2 aromatic heterocycles. The Bertz CT molecular complexity index is 1000. The molecular formula is C21H22F3N3O2. The number of nitrogens with one attached hydrogen (secondary N) is 1. The summed E-state index contributed by atoms with van der Waals surface area (Å²) in [6, 6.07) is 9.77. The van der Waals surface area contributed by atoms with Crippen molar-refractivity contribution in [1.29, 1.82) is 0 Å². The lowest BCUT2D eigenvalue weighted by atomic mass is 9.94. The zero-order valence-corrected chi connectivity index (χ0v) is 15.8. The third kappa shape index (κ3) is 3.75. The summed E-state index contributed by atoms with van der Waals surface area (Å²) in [5, 5.41) is 25.0. The number of aryl methyl sites for hydroxylation is 1. The van der Waals surface area contributed by atoms with E-state index < -0.39 is 30.1 Å². The lowest BCUT2D eigenvalue weighted by molar-refractivity contribution is -0.141. The van der Waals surface area contributed by atoms with Gasteiger partial charge in [0, 0.05) is 48.8 Å². The summed E-state index contributed by atoms with van der Waals surface area (Å²) < 4.78 is 40.4. The number of aliphatic hydroxyl groups excluding tert-OH is 2.